The second-order valence-electron chi connectivity index (χ2n) is 4.91. The van der Waals surface area contributed by atoms with E-state index in [0.717, 1.165) is 18.6 Å². The maximum absolute atomic E-state index is 13.8. The van der Waals surface area contributed by atoms with E-state index in [1.54, 1.807) is 11.9 Å². The molecule has 1 aromatic rings. The van der Waals surface area contributed by atoms with Crippen LogP contribution in [0.2, 0.25) is 0 Å². The fourth-order valence-corrected chi connectivity index (χ4v) is 1.81. The Balaban J connectivity index is 1.86. The minimum absolute atomic E-state index is 0.0420. The summed E-state index contributed by atoms with van der Waals surface area (Å²) in [4.78, 5) is 12.4. The van der Waals surface area contributed by atoms with E-state index >= 15 is 0 Å². The van der Waals surface area contributed by atoms with E-state index in [1.165, 1.54) is 25.0 Å². The number of likely N-dealkylation sites (N-methyl/N-ethyl adjacent to an activating group) is 1. The SMILES string of the molecule is CN(CCOCC1CC1)c1ccc(C(=O)O)cc1F. The van der Waals surface area contributed by atoms with Gasteiger partial charge in [-0.25, -0.2) is 9.18 Å². The predicted octanol–water partition coefficient (Wildman–Crippen LogP) is 2.39. The van der Waals surface area contributed by atoms with Crippen molar-refractivity contribution < 1.29 is 19.0 Å². The normalized spacial score (nSPS) is 14.4. The Hall–Kier alpha value is -1.62. The zero-order chi connectivity index (χ0) is 13.8. The average molecular weight is 267 g/mol. The first-order valence-electron chi connectivity index (χ1n) is 6.39. The van der Waals surface area contributed by atoms with Crippen LogP contribution in [0.5, 0.6) is 0 Å². The lowest BCUT2D eigenvalue weighted by Crippen LogP contribution is -2.24. The molecule has 0 saturated heterocycles. The Bertz CT molecular complexity index is 460. The number of ether oxygens (including phenoxy) is 1. The molecule has 19 heavy (non-hydrogen) atoms. The van der Waals surface area contributed by atoms with Crippen LogP contribution in [-0.4, -0.2) is 37.9 Å². The summed E-state index contributed by atoms with van der Waals surface area (Å²) in [6, 6.07) is 3.93. The Morgan fingerprint density at radius 2 is 2.26 bits per heavy atom. The molecule has 0 aromatic heterocycles. The molecular weight excluding hydrogens is 249 g/mol. The summed E-state index contributed by atoms with van der Waals surface area (Å²) in [5.41, 5.74) is 0.347. The number of carboxylic acids is 1. The number of carboxylic acid groups (broad SMARTS) is 1. The van der Waals surface area contributed by atoms with Crippen molar-refractivity contribution in [3.05, 3.63) is 29.6 Å². The quantitative estimate of drug-likeness (QED) is 0.771. The monoisotopic (exact) mass is 267 g/mol. The van der Waals surface area contributed by atoms with Gasteiger partial charge in [0.1, 0.15) is 5.82 Å². The zero-order valence-corrected chi connectivity index (χ0v) is 10.9. The van der Waals surface area contributed by atoms with Crippen LogP contribution in [0.4, 0.5) is 10.1 Å². The Morgan fingerprint density at radius 1 is 1.53 bits per heavy atom. The van der Waals surface area contributed by atoms with Gasteiger partial charge in [-0.15, -0.1) is 0 Å². The second kappa shape index (κ2) is 6.02. The topological polar surface area (TPSA) is 49.8 Å². The van der Waals surface area contributed by atoms with Crippen LogP contribution in [0, 0.1) is 11.7 Å². The van der Waals surface area contributed by atoms with Gasteiger partial charge in [0.2, 0.25) is 0 Å². The fourth-order valence-electron chi connectivity index (χ4n) is 1.81. The van der Waals surface area contributed by atoms with Crippen LogP contribution < -0.4 is 4.90 Å². The lowest BCUT2D eigenvalue weighted by molar-refractivity contribution is 0.0696. The van der Waals surface area contributed by atoms with Crippen molar-refractivity contribution in [2.45, 2.75) is 12.8 Å². The molecule has 0 unspecified atom stereocenters. The van der Waals surface area contributed by atoms with E-state index in [0.29, 0.717) is 18.8 Å². The maximum Gasteiger partial charge on any atom is 0.335 e. The number of benzene rings is 1. The minimum atomic E-state index is -1.12. The molecule has 1 aromatic carbocycles. The summed E-state index contributed by atoms with van der Waals surface area (Å²) >= 11 is 0. The first-order valence-corrected chi connectivity index (χ1v) is 6.39. The minimum Gasteiger partial charge on any atom is -0.478 e. The van der Waals surface area contributed by atoms with Crippen LogP contribution in [0.3, 0.4) is 0 Å². The smallest absolute Gasteiger partial charge is 0.335 e. The number of anilines is 1. The third kappa shape index (κ3) is 3.92. The third-order valence-corrected chi connectivity index (χ3v) is 3.23. The Labute approximate surface area is 111 Å². The van der Waals surface area contributed by atoms with E-state index in [2.05, 4.69) is 0 Å². The van der Waals surface area contributed by atoms with Gasteiger partial charge in [0.15, 0.2) is 0 Å². The van der Waals surface area contributed by atoms with Crippen molar-refractivity contribution >= 4 is 11.7 Å². The van der Waals surface area contributed by atoms with Gasteiger partial charge >= 0.3 is 5.97 Å². The first kappa shape index (κ1) is 13.8. The highest BCUT2D eigenvalue weighted by atomic mass is 19.1. The Kier molecular flexibility index (Phi) is 4.37. The summed E-state index contributed by atoms with van der Waals surface area (Å²) < 4.78 is 19.3. The third-order valence-electron chi connectivity index (χ3n) is 3.23. The van der Waals surface area contributed by atoms with E-state index in [4.69, 9.17) is 9.84 Å². The largest absolute Gasteiger partial charge is 0.478 e. The van der Waals surface area contributed by atoms with Crippen LogP contribution in [0.25, 0.3) is 0 Å². The fraction of sp³-hybridized carbons (Fsp3) is 0.500. The van der Waals surface area contributed by atoms with Gasteiger partial charge in [-0.3, -0.25) is 0 Å². The highest BCUT2D eigenvalue weighted by molar-refractivity contribution is 5.88. The molecule has 0 atom stereocenters. The lowest BCUT2D eigenvalue weighted by Gasteiger charge is -2.20. The Morgan fingerprint density at radius 3 is 2.84 bits per heavy atom. The van der Waals surface area contributed by atoms with Gasteiger partial charge < -0.3 is 14.7 Å². The molecular formula is C14H18FNO3. The van der Waals surface area contributed by atoms with Crippen molar-refractivity contribution in [2.24, 2.45) is 5.92 Å². The van der Waals surface area contributed by atoms with Crippen LogP contribution in [-0.2, 0) is 4.74 Å². The molecule has 0 spiro atoms. The van der Waals surface area contributed by atoms with Gasteiger partial charge in [-0.2, -0.15) is 0 Å². The van der Waals surface area contributed by atoms with Crippen LogP contribution in [0.1, 0.15) is 23.2 Å². The summed E-state index contributed by atoms with van der Waals surface area (Å²) in [5.74, 6) is -0.928. The summed E-state index contributed by atoms with van der Waals surface area (Å²) in [6.07, 6.45) is 2.50. The molecule has 1 N–H and O–H groups in total. The molecule has 4 nitrogen and oxygen atoms in total. The highest BCUT2D eigenvalue weighted by Gasteiger charge is 2.21. The molecule has 1 fully saturated rings. The van der Waals surface area contributed by atoms with Gasteiger partial charge in [0, 0.05) is 20.2 Å². The number of nitrogens with zero attached hydrogens (tertiary/aromatic N) is 1. The maximum atomic E-state index is 13.8. The van der Waals surface area contributed by atoms with E-state index in [1.807, 2.05) is 0 Å². The molecule has 0 heterocycles. The first-order chi connectivity index (χ1) is 9.08. The number of carbonyl (C=O) groups is 1. The number of aromatic carboxylic acids is 1. The summed E-state index contributed by atoms with van der Waals surface area (Å²) in [7, 11) is 1.76. The lowest BCUT2D eigenvalue weighted by atomic mass is 10.2. The van der Waals surface area contributed by atoms with Crippen molar-refractivity contribution in [3.63, 3.8) is 0 Å². The van der Waals surface area contributed by atoms with Gasteiger partial charge in [-0.05, 0) is 37.0 Å². The number of hydrogen-bond donors (Lipinski definition) is 1. The molecule has 0 amide bonds. The van der Waals surface area contributed by atoms with Crippen LogP contribution >= 0.6 is 0 Å². The molecule has 2 rings (SSSR count). The van der Waals surface area contributed by atoms with E-state index in [9.17, 15) is 9.18 Å². The molecule has 0 bridgehead atoms. The molecule has 1 aliphatic carbocycles. The van der Waals surface area contributed by atoms with Gasteiger partial charge in [0.05, 0.1) is 17.9 Å². The standard InChI is InChI=1S/C14H18FNO3/c1-16(6-7-19-9-10-2-3-10)13-5-4-11(14(17)18)8-12(13)15/h4-5,8,10H,2-3,6-7,9H2,1H3,(H,17,18). The average Bonchev–Trinajstić information content (AvgIpc) is 3.18. The number of rotatable bonds is 7. The van der Waals surface area contributed by atoms with Crippen molar-refractivity contribution in [3.8, 4) is 0 Å². The van der Waals surface area contributed by atoms with Gasteiger partial charge in [0.25, 0.3) is 0 Å². The summed E-state index contributed by atoms with van der Waals surface area (Å²) in [5, 5.41) is 8.77. The van der Waals surface area contributed by atoms with Crippen molar-refractivity contribution in [1.82, 2.24) is 0 Å². The highest BCUT2D eigenvalue weighted by Crippen LogP contribution is 2.28. The number of hydrogen-bond acceptors (Lipinski definition) is 3. The molecule has 0 aliphatic heterocycles. The molecule has 1 saturated carbocycles. The second-order valence-corrected chi connectivity index (χ2v) is 4.91. The van der Waals surface area contributed by atoms with E-state index in [-0.39, 0.29) is 5.56 Å². The summed E-state index contributed by atoms with van der Waals surface area (Å²) in [6.45, 7) is 1.91. The van der Waals surface area contributed by atoms with Gasteiger partial charge in [-0.1, -0.05) is 0 Å². The van der Waals surface area contributed by atoms with Crippen molar-refractivity contribution in [1.29, 1.82) is 0 Å². The molecule has 0 radical (unpaired) electrons. The zero-order valence-electron chi connectivity index (χ0n) is 10.9. The molecule has 1 aliphatic rings. The van der Waals surface area contributed by atoms with Crippen molar-refractivity contribution in [2.75, 3.05) is 31.7 Å². The number of halogens is 1. The van der Waals surface area contributed by atoms with E-state index < -0.39 is 11.8 Å². The predicted molar refractivity (Wildman–Crippen MR) is 70.2 cm³/mol. The van der Waals surface area contributed by atoms with Crippen LogP contribution in [0.15, 0.2) is 18.2 Å². The molecule has 104 valence electrons. The molecule has 5 heteroatoms.